The van der Waals surface area contributed by atoms with Crippen molar-refractivity contribution in [3.8, 4) is 0 Å². The molecule has 3 aromatic rings. The first-order valence-electron chi connectivity index (χ1n) is 7.81. The molecule has 0 bridgehead atoms. The lowest BCUT2D eigenvalue weighted by Crippen LogP contribution is -2.14. The molecule has 0 aliphatic heterocycles. The summed E-state index contributed by atoms with van der Waals surface area (Å²) in [7, 11) is -2.13. The number of rotatable bonds is 3. The van der Waals surface area contributed by atoms with Crippen LogP contribution in [0.4, 0.5) is 5.69 Å². The zero-order chi connectivity index (χ0) is 18.4. The van der Waals surface area contributed by atoms with E-state index in [0.717, 1.165) is 5.56 Å². The maximum atomic E-state index is 12.6. The van der Waals surface area contributed by atoms with Crippen molar-refractivity contribution in [1.29, 1.82) is 0 Å². The Hall–Kier alpha value is -2.54. The monoisotopic (exact) mass is 360 g/mol. The molecule has 0 saturated carbocycles. The van der Waals surface area contributed by atoms with Gasteiger partial charge in [0, 0.05) is 13.1 Å². The van der Waals surface area contributed by atoms with E-state index in [4.69, 9.17) is 4.42 Å². The first kappa shape index (κ1) is 17.3. The Labute approximate surface area is 146 Å². The van der Waals surface area contributed by atoms with Gasteiger partial charge in [-0.1, -0.05) is 32.9 Å². The van der Waals surface area contributed by atoms with Crippen LogP contribution in [0.15, 0.2) is 56.6 Å². The minimum Gasteiger partial charge on any atom is -0.408 e. The summed E-state index contributed by atoms with van der Waals surface area (Å²) in [5, 5.41) is 0. The predicted molar refractivity (Wildman–Crippen MR) is 97.4 cm³/mol. The van der Waals surface area contributed by atoms with Gasteiger partial charge in [-0.25, -0.2) is 13.2 Å². The van der Waals surface area contributed by atoms with Crippen molar-refractivity contribution in [3.05, 3.63) is 58.6 Å². The zero-order valence-electron chi connectivity index (χ0n) is 14.5. The van der Waals surface area contributed by atoms with E-state index < -0.39 is 15.8 Å². The van der Waals surface area contributed by atoms with Crippen molar-refractivity contribution in [2.24, 2.45) is 7.05 Å². The van der Waals surface area contributed by atoms with E-state index in [1.807, 2.05) is 12.1 Å². The Balaban J connectivity index is 1.92. The van der Waals surface area contributed by atoms with Crippen molar-refractivity contribution in [1.82, 2.24) is 4.57 Å². The maximum absolute atomic E-state index is 12.6. The Kier molecular flexibility index (Phi) is 3.99. The van der Waals surface area contributed by atoms with Gasteiger partial charge in [0.15, 0.2) is 5.58 Å². The van der Waals surface area contributed by atoms with Gasteiger partial charge in [0.05, 0.1) is 16.1 Å². The lowest BCUT2D eigenvalue weighted by Gasteiger charge is -2.19. The molecule has 132 valence electrons. The molecule has 0 saturated heterocycles. The fraction of sp³-hybridized carbons (Fsp3) is 0.278. The molecule has 0 spiro atoms. The van der Waals surface area contributed by atoms with Gasteiger partial charge in [0.25, 0.3) is 10.0 Å². The second-order valence-electron chi connectivity index (χ2n) is 6.99. The number of fused-ring (bicyclic) bond motifs is 1. The van der Waals surface area contributed by atoms with Gasteiger partial charge in [-0.15, -0.1) is 0 Å². The topological polar surface area (TPSA) is 81.3 Å². The molecule has 2 aromatic carbocycles. The van der Waals surface area contributed by atoms with E-state index in [2.05, 4.69) is 25.5 Å². The molecule has 25 heavy (non-hydrogen) atoms. The highest BCUT2D eigenvalue weighted by atomic mass is 32.2. The van der Waals surface area contributed by atoms with Gasteiger partial charge >= 0.3 is 5.76 Å². The standard InChI is InChI=1S/C18H20N2O4S/c1-18(2,3)12-5-8-14(9-6-12)25(22,23)19-13-7-10-15-16(11-13)24-17(21)20(15)4/h5-11,19H,1-4H3. The van der Waals surface area contributed by atoms with Crippen LogP contribution in [0, 0.1) is 0 Å². The number of sulfonamides is 1. The van der Waals surface area contributed by atoms with Gasteiger partial charge in [0.1, 0.15) is 0 Å². The highest BCUT2D eigenvalue weighted by molar-refractivity contribution is 7.92. The number of aryl methyl sites for hydroxylation is 1. The second-order valence-corrected chi connectivity index (χ2v) is 8.67. The summed E-state index contributed by atoms with van der Waals surface area (Å²) >= 11 is 0. The van der Waals surface area contributed by atoms with E-state index in [9.17, 15) is 13.2 Å². The Bertz CT molecular complexity index is 1080. The molecule has 0 aliphatic carbocycles. The van der Waals surface area contributed by atoms with Crippen LogP contribution < -0.4 is 10.5 Å². The van der Waals surface area contributed by atoms with Crippen LogP contribution in [0.5, 0.6) is 0 Å². The molecular formula is C18H20N2O4S. The van der Waals surface area contributed by atoms with E-state index in [-0.39, 0.29) is 10.3 Å². The molecule has 0 radical (unpaired) electrons. The van der Waals surface area contributed by atoms with Crippen LogP contribution in [0.1, 0.15) is 26.3 Å². The molecule has 6 nitrogen and oxygen atoms in total. The van der Waals surface area contributed by atoms with Crippen molar-refractivity contribution in [3.63, 3.8) is 0 Å². The van der Waals surface area contributed by atoms with Crippen LogP contribution in [0.3, 0.4) is 0 Å². The third kappa shape index (κ3) is 3.32. The molecule has 0 unspecified atom stereocenters. The van der Waals surface area contributed by atoms with Crippen LogP contribution in [-0.4, -0.2) is 13.0 Å². The zero-order valence-corrected chi connectivity index (χ0v) is 15.3. The Morgan fingerprint density at radius 1 is 1.04 bits per heavy atom. The summed E-state index contributed by atoms with van der Waals surface area (Å²) in [6, 6.07) is 11.5. The van der Waals surface area contributed by atoms with Crippen molar-refractivity contribution in [2.75, 3.05) is 4.72 Å². The molecule has 1 heterocycles. The molecule has 1 aromatic heterocycles. The summed E-state index contributed by atoms with van der Waals surface area (Å²) in [6.45, 7) is 6.20. The summed E-state index contributed by atoms with van der Waals surface area (Å²) in [5.41, 5.74) is 2.27. The maximum Gasteiger partial charge on any atom is 0.419 e. The van der Waals surface area contributed by atoms with Gasteiger partial charge in [0.2, 0.25) is 0 Å². The first-order chi connectivity index (χ1) is 11.6. The van der Waals surface area contributed by atoms with E-state index in [1.165, 1.54) is 10.6 Å². The summed E-state index contributed by atoms with van der Waals surface area (Å²) in [6.07, 6.45) is 0. The molecule has 0 fully saturated rings. The second kappa shape index (κ2) is 5.77. The van der Waals surface area contributed by atoms with Gasteiger partial charge in [-0.3, -0.25) is 9.29 Å². The lowest BCUT2D eigenvalue weighted by molar-refractivity contribution is 0.528. The third-order valence-corrected chi connectivity index (χ3v) is 5.47. The number of hydrogen-bond donors (Lipinski definition) is 1. The number of hydrogen-bond acceptors (Lipinski definition) is 4. The molecule has 0 aliphatic rings. The summed E-state index contributed by atoms with van der Waals surface area (Å²) in [5.74, 6) is -0.493. The molecule has 7 heteroatoms. The highest BCUT2D eigenvalue weighted by Crippen LogP contribution is 2.25. The number of nitrogens with zero attached hydrogens (tertiary/aromatic N) is 1. The Morgan fingerprint density at radius 2 is 1.68 bits per heavy atom. The van der Waals surface area contributed by atoms with Crippen molar-refractivity contribution in [2.45, 2.75) is 31.1 Å². The first-order valence-corrected chi connectivity index (χ1v) is 9.29. The van der Waals surface area contributed by atoms with Crippen LogP contribution >= 0.6 is 0 Å². The lowest BCUT2D eigenvalue weighted by atomic mass is 9.87. The van der Waals surface area contributed by atoms with Crippen LogP contribution in [0.25, 0.3) is 11.1 Å². The van der Waals surface area contributed by atoms with E-state index >= 15 is 0 Å². The fourth-order valence-corrected chi connectivity index (χ4v) is 3.60. The number of benzene rings is 2. The van der Waals surface area contributed by atoms with Crippen LogP contribution in [0.2, 0.25) is 0 Å². The van der Waals surface area contributed by atoms with E-state index in [0.29, 0.717) is 16.8 Å². The largest absolute Gasteiger partial charge is 0.419 e. The third-order valence-electron chi connectivity index (χ3n) is 4.08. The van der Waals surface area contributed by atoms with E-state index in [1.54, 1.807) is 31.3 Å². The number of aromatic nitrogens is 1. The molecule has 0 atom stereocenters. The fourth-order valence-electron chi connectivity index (χ4n) is 2.55. The summed E-state index contributed by atoms with van der Waals surface area (Å²) < 4.78 is 34.1. The highest BCUT2D eigenvalue weighted by Gasteiger charge is 2.18. The smallest absolute Gasteiger partial charge is 0.408 e. The molecule has 1 N–H and O–H groups in total. The molecular weight excluding hydrogens is 340 g/mol. The normalized spacial score (nSPS) is 12.5. The van der Waals surface area contributed by atoms with Gasteiger partial charge < -0.3 is 4.42 Å². The Morgan fingerprint density at radius 3 is 2.28 bits per heavy atom. The average Bonchev–Trinajstić information content (AvgIpc) is 2.80. The minimum absolute atomic E-state index is 0.0500. The average molecular weight is 360 g/mol. The number of anilines is 1. The van der Waals surface area contributed by atoms with Crippen LogP contribution in [-0.2, 0) is 22.5 Å². The number of nitrogens with one attached hydrogen (secondary N) is 1. The number of oxazole rings is 1. The minimum atomic E-state index is -3.72. The molecule has 0 amide bonds. The summed E-state index contributed by atoms with van der Waals surface area (Å²) in [4.78, 5) is 11.7. The molecule has 3 rings (SSSR count). The van der Waals surface area contributed by atoms with Crippen molar-refractivity contribution >= 4 is 26.8 Å². The van der Waals surface area contributed by atoms with Crippen molar-refractivity contribution < 1.29 is 12.8 Å². The quantitative estimate of drug-likeness (QED) is 0.777. The predicted octanol–water partition coefficient (Wildman–Crippen LogP) is 3.23. The van der Waals surface area contributed by atoms with Gasteiger partial charge in [-0.2, -0.15) is 0 Å². The SMILES string of the molecule is Cn1c(=O)oc2cc(NS(=O)(=O)c3ccc(C(C)(C)C)cc3)ccc21. The van der Waals surface area contributed by atoms with Gasteiger partial charge in [-0.05, 0) is 35.2 Å².